The van der Waals surface area contributed by atoms with E-state index in [9.17, 15) is 4.79 Å². The summed E-state index contributed by atoms with van der Waals surface area (Å²) in [6.07, 6.45) is 0.929. The predicted molar refractivity (Wildman–Crippen MR) is 125 cm³/mol. The molecule has 1 heterocycles. The monoisotopic (exact) mass is 418 g/mol. The molecule has 28 heavy (non-hydrogen) atoms. The van der Waals surface area contributed by atoms with Gasteiger partial charge in [0.15, 0.2) is 13.9 Å². The fourth-order valence-corrected chi connectivity index (χ4v) is 5.47. The van der Waals surface area contributed by atoms with Gasteiger partial charge in [0.2, 0.25) is 0 Å². The molecule has 0 bridgehead atoms. The number of amides is 1. The number of carbonyl (C=O) groups excluding carboxylic acids is 1. The molecule has 0 saturated carbocycles. The van der Waals surface area contributed by atoms with E-state index in [0.717, 1.165) is 17.7 Å². The van der Waals surface area contributed by atoms with Gasteiger partial charge in [0.25, 0.3) is 14.2 Å². The van der Waals surface area contributed by atoms with Crippen LogP contribution in [0, 0.1) is 0 Å². The highest BCUT2D eigenvalue weighted by Crippen LogP contribution is 2.45. The molecule has 0 aliphatic carbocycles. The van der Waals surface area contributed by atoms with Crippen LogP contribution in [-0.4, -0.2) is 28.2 Å². The Bertz CT molecular complexity index is 800. The first-order chi connectivity index (χ1) is 12.5. The highest BCUT2D eigenvalue weighted by molar-refractivity contribution is 6.90. The lowest BCUT2D eigenvalue weighted by molar-refractivity contribution is -0.111. The van der Waals surface area contributed by atoms with E-state index in [1.54, 1.807) is 0 Å². The Morgan fingerprint density at radius 3 is 2.04 bits per heavy atom. The molecule has 1 aromatic rings. The van der Waals surface area contributed by atoms with Crippen LogP contribution in [0.5, 0.6) is 0 Å². The zero-order chi connectivity index (χ0) is 21.7. The molecule has 1 aromatic carbocycles. The molecule has 4 nitrogen and oxygen atoms in total. The van der Waals surface area contributed by atoms with E-state index in [4.69, 9.17) is 4.53 Å². The molecule has 0 aromatic heterocycles. The minimum absolute atomic E-state index is 0.00597. The van der Waals surface area contributed by atoms with Gasteiger partial charge in [-0.3, -0.25) is 4.79 Å². The summed E-state index contributed by atoms with van der Waals surface area (Å²) in [5.74, 6) is -0.00597. The third-order valence-electron chi connectivity index (χ3n) is 6.94. The SMILES string of the molecule is CCc1ccc2c(c1)/C(=N/O[Si](C)(C)C(C)(C)C)C(=O)N2[Si](C)(C)C(C)(C)C. The lowest BCUT2D eigenvalue weighted by Crippen LogP contribution is -2.57. The van der Waals surface area contributed by atoms with Gasteiger partial charge in [0.1, 0.15) is 0 Å². The maximum Gasteiger partial charge on any atom is 0.286 e. The zero-order valence-electron chi connectivity index (χ0n) is 19.7. The highest BCUT2D eigenvalue weighted by atomic mass is 28.4. The Kier molecular flexibility index (Phi) is 5.83. The Balaban J connectivity index is 2.61. The third-order valence-corrected chi connectivity index (χ3v) is 16.3. The van der Waals surface area contributed by atoms with E-state index < -0.39 is 16.6 Å². The molecule has 1 aliphatic heterocycles. The molecule has 1 amide bonds. The topological polar surface area (TPSA) is 41.9 Å². The molecule has 0 unspecified atom stereocenters. The quantitative estimate of drug-likeness (QED) is 0.423. The third kappa shape index (κ3) is 3.85. The molecule has 0 atom stereocenters. The Morgan fingerprint density at radius 2 is 1.57 bits per heavy atom. The zero-order valence-corrected chi connectivity index (χ0v) is 21.7. The lowest BCUT2D eigenvalue weighted by atomic mass is 10.1. The number of rotatable bonds is 4. The second-order valence-corrected chi connectivity index (χ2v) is 20.7. The largest absolute Gasteiger partial charge is 0.454 e. The lowest BCUT2D eigenvalue weighted by Gasteiger charge is -2.43. The molecule has 0 saturated heterocycles. The average Bonchev–Trinajstić information content (AvgIpc) is 2.81. The maximum atomic E-state index is 13.6. The number of benzene rings is 1. The van der Waals surface area contributed by atoms with Gasteiger partial charge in [0, 0.05) is 11.3 Å². The standard InChI is InChI=1S/C22H38N2O2Si2/c1-12-16-13-14-18-17(15-16)19(23-26-28(10,11)22(5,6)7)20(25)24(18)27(8,9)21(2,3)4/h13-15H,12H2,1-11H3/b23-19-. The normalized spacial score (nSPS) is 17.3. The number of aryl methyl sites for hydroxylation is 1. The summed E-state index contributed by atoms with van der Waals surface area (Å²) < 4.78 is 8.17. The van der Waals surface area contributed by atoms with Gasteiger partial charge in [0.05, 0.1) is 0 Å². The number of hydrogen-bond acceptors (Lipinski definition) is 3. The van der Waals surface area contributed by atoms with Gasteiger partial charge >= 0.3 is 0 Å². The van der Waals surface area contributed by atoms with E-state index in [0.29, 0.717) is 5.71 Å². The predicted octanol–water partition coefficient (Wildman–Crippen LogP) is 6.33. The van der Waals surface area contributed by atoms with Crippen LogP contribution in [0.15, 0.2) is 23.4 Å². The van der Waals surface area contributed by atoms with Crippen molar-refractivity contribution in [2.75, 3.05) is 4.57 Å². The van der Waals surface area contributed by atoms with Gasteiger partial charge in [-0.1, -0.05) is 72.8 Å². The minimum Gasteiger partial charge on any atom is -0.454 e. The summed E-state index contributed by atoms with van der Waals surface area (Å²) in [5.41, 5.74) is 3.60. The number of anilines is 1. The molecule has 156 valence electrons. The Labute approximate surface area is 173 Å². The van der Waals surface area contributed by atoms with E-state index in [2.05, 4.69) is 103 Å². The molecular weight excluding hydrogens is 380 g/mol. The first kappa shape index (κ1) is 22.9. The second kappa shape index (κ2) is 7.13. The number of oxime groups is 1. The van der Waals surface area contributed by atoms with E-state index >= 15 is 0 Å². The second-order valence-electron chi connectivity index (χ2n) is 10.9. The van der Waals surface area contributed by atoms with Crippen molar-refractivity contribution < 1.29 is 9.32 Å². The van der Waals surface area contributed by atoms with Crippen LogP contribution in [0.2, 0.25) is 36.3 Å². The maximum absolute atomic E-state index is 13.6. The molecule has 0 N–H and O–H groups in total. The van der Waals surface area contributed by atoms with Crippen molar-refractivity contribution in [3.8, 4) is 0 Å². The van der Waals surface area contributed by atoms with Crippen LogP contribution in [0.3, 0.4) is 0 Å². The Morgan fingerprint density at radius 1 is 1.00 bits per heavy atom. The fraction of sp³-hybridized carbons (Fsp3) is 0.636. The summed E-state index contributed by atoms with van der Waals surface area (Å²) in [6, 6.07) is 6.35. The highest BCUT2D eigenvalue weighted by Gasteiger charge is 2.50. The van der Waals surface area contributed by atoms with Crippen molar-refractivity contribution in [1.82, 2.24) is 0 Å². The summed E-state index contributed by atoms with van der Waals surface area (Å²) in [4.78, 5) is 13.6. The molecule has 0 spiro atoms. The molecule has 6 heteroatoms. The van der Waals surface area contributed by atoms with Crippen molar-refractivity contribution in [2.24, 2.45) is 5.16 Å². The number of fused-ring (bicyclic) bond motifs is 1. The number of hydrogen-bond donors (Lipinski definition) is 0. The first-order valence-corrected chi connectivity index (χ1v) is 16.1. The summed E-state index contributed by atoms with van der Waals surface area (Å²) in [6.45, 7) is 24.2. The van der Waals surface area contributed by atoms with Crippen LogP contribution in [0.25, 0.3) is 0 Å². The van der Waals surface area contributed by atoms with Crippen molar-refractivity contribution in [3.05, 3.63) is 29.3 Å². The van der Waals surface area contributed by atoms with E-state index in [1.165, 1.54) is 5.56 Å². The van der Waals surface area contributed by atoms with Crippen LogP contribution >= 0.6 is 0 Å². The van der Waals surface area contributed by atoms with Crippen molar-refractivity contribution in [2.45, 2.75) is 91.2 Å². The van der Waals surface area contributed by atoms with Crippen LogP contribution in [-0.2, 0) is 15.7 Å². The Hall–Kier alpha value is -1.41. The van der Waals surface area contributed by atoms with Crippen LogP contribution in [0.4, 0.5) is 5.69 Å². The number of carbonyl (C=O) groups is 1. The van der Waals surface area contributed by atoms with Gasteiger partial charge in [-0.05, 0) is 47.3 Å². The van der Waals surface area contributed by atoms with Crippen molar-refractivity contribution >= 4 is 33.9 Å². The molecule has 0 radical (unpaired) electrons. The van der Waals surface area contributed by atoms with Crippen molar-refractivity contribution in [3.63, 3.8) is 0 Å². The van der Waals surface area contributed by atoms with Crippen molar-refractivity contribution in [1.29, 1.82) is 0 Å². The summed E-state index contributed by atoms with van der Waals surface area (Å²) in [5, 5.41) is 4.59. The fourth-order valence-electron chi connectivity index (χ4n) is 2.79. The van der Waals surface area contributed by atoms with E-state index in [-0.39, 0.29) is 16.0 Å². The smallest absolute Gasteiger partial charge is 0.286 e. The van der Waals surface area contributed by atoms with Gasteiger partial charge in [-0.2, -0.15) is 0 Å². The number of nitrogens with zero attached hydrogens (tertiary/aromatic N) is 2. The molecule has 2 rings (SSSR count). The summed E-state index contributed by atoms with van der Waals surface area (Å²) >= 11 is 0. The van der Waals surface area contributed by atoms with Gasteiger partial charge in [-0.25, -0.2) is 0 Å². The molecule has 1 aliphatic rings. The average molecular weight is 419 g/mol. The summed E-state index contributed by atoms with van der Waals surface area (Å²) in [7, 11) is -4.20. The van der Waals surface area contributed by atoms with E-state index in [1.807, 2.05) is 0 Å². The van der Waals surface area contributed by atoms with Crippen LogP contribution < -0.4 is 4.57 Å². The molecule has 0 fully saturated rings. The van der Waals surface area contributed by atoms with Gasteiger partial charge < -0.3 is 9.09 Å². The van der Waals surface area contributed by atoms with Crippen LogP contribution in [0.1, 0.15) is 59.6 Å². The first-order valence-electron chi connectivity index (χ1n) is 10.3. The van der Waals surface area contributed by atoms with Gasteiger partial charge in [-0.15, -0.1) is 0 Å². The minimum atomic E-state index is -2.11. The molecular formula is C22H38N2O2Si2.